The number of carbonyl (C=O) groups excluding carboxylic acids is 2. The van der Waals surface area contributed by atoms with Crippen molar-refractivity contribution in [2.24, 2.45) is 4.90 Å². The van der Waals surface area contributed by atoms with Gasteiger partial charge in [-0.3, -0.25) is 26.4 Å². The van der Waals surface area contributed by atoms with Crippen LogP contribution in [0.15, 0.2) is 41.3 Å². The number of carbonyl (C=O) groups is 2. The molecule has 7 N–H and O–H groups in total. The maximum absolute atomic E-state index is 12.1. The predicted molar refractivity (Wildman–Crippen MR) is 227 cm³/mol. The van der Waals surface area contributed by atoms with Crippen molar-refractivity contribution in [1.82, 2.24) is 20.3 Å². The van der Waals surface area contributed by atoms with E-state index in [0.29, 0.717) is 74.6 Å². The van der Waals surface area contributed by atoms with Crippen LogP contribution < -0.4 is 20.1 Å². The standard InChI is InChI=1S/C38H62B3N7O9/c1-26-24-28(32(42)44-35(49)56-37(3,4)5)16-18-30(26)54-22-14-12-20-47(40(10)52)34(46-39(9)51)48(41(11)53)21-13-15-23-55-31-19-17-29(25-27(31)2)33(43)45-36(50)57-38(6,7)8/h16-19,24-25,51-53H,12-15,20-23H2,1-11H3,(H2,42,44,49)(H2,43,45,50). The van der Waals surface area contributed by atoms with Crippen molar-refractivity contribution in [2.75, 3.05) is 26.3 Å². The Hall–Kier alpha value is -4.74. The molecule has 0 unspecified atom stereocenters. The Morgan fingerprint density at radius 1 is 0.684 bits per heavy atom. The molecule has 0 heterocycles. The average Bonchev–Trinajstić information content (AvgIpc) is 3.06. The molecule has 0 aliphatic heterocycles. The molecule has 16 nitrogen and oxygen atoms in total. The van der Waals surface area contributed by atoms with Gasteiger partial charge in [-0.1, -0.05) is 0 Å². The van der Waals surface area contributed by atoms with Crippen LogP contribution in [0.5, 0.6) is 11.5 Å². The van der Waals surface area contributed by atoms with Crippen LogP contribution in [0.4, 0.5) is 9.59 Å². The number of alkyl carbamates (subject to hydrolysis) is 2. The summed E-state index contributed by atoms with van der Waals surface area (Å²) >= 11 is 0. The van der Waals surface area contributed by atoms with Crippen LogP contribution in [-0.2, 0) is 9.47 Å². The Kier molecular flexibility index (Phi) is 18.9. The number of ether oxygens (including phenoxy) is 4. The number of unbranched alkanes of at least 4 members (excludes halogenated alkanes) is 2. The van der Waals surface area contributed by atoms with E-state index in [1.807, 2.05) is 13.8 Å². The number of amides is 2. The van der Waals surface area contributed by atoms with E-state index in [9.17, 15) is 24.7 Å². The number of nitrogens with one attached hydrogen (secondary N) is 4. The van der Waals surface area contributed by atoms with Crippen LogP contribution >= 0.6 is 0 Å². The number of guanidine groups is 1. The molecule has 2 aromatic carbocycles. The molecule has 0 aliphatic carbocycles. The van der Waals surface area contributed by atoms with Gasteiger partial charge in [0.15, 0.2) is 5.96 Å². The Morgan fingerprint density at radius 2 is 1.05 bits per heavy atom. The van der Waals surface area contributed by atoms with Gasteiger partial charge in [0, 0.05) is 24.2 Å². The van der Waals surface area contributed by atoms with Crippen LogP contribution in [0.1, 0.15) is 89.5 Å². The molecule has 57 heavy (non-hydrogen) atoms. The van der Waals surface area contributed by atoms with Crippen molar-refractivity contribution in [3.8, 4) is 11.5 Å². The van der Waals surface area contributed by atoms with Gasteiger partial charge >= 0.3 is 33.3 Å². The highest BCUT2D eigenvalue weighted by atomic mass is 16.6. The zero-order valence-electron chi connectivity index (χ0n) is 35.5. The summed E-state index contributed by atoms with van der Waals surface area (Å²) < 4.78 is 22.5. The molecule has 2 rings (SSSR count). The molecule has 0 atom stereocenters. The molecule has 2 aromatic rings. The van der Waals surface area contributed by atoms with Crippen LogP contribution in [0.25, 0.3) is 0 Å². The molecule has 0 spiro atoms. The van der Waals surface area contributed by atoms with E-state index in [1.54, 1.807) is 101 Å². The fourth-order valence-electron chi connectivity index (χ4n) is 5.41. The van der Waals surface area contributed by atoms with E-state index in [4.69, 9.17) is 29.8 Å². The number of benzene rings is 2. The highest BCUT2D eigenvalue weighted by Crippen LogP contribution is 2.22. The van der Waals surface area contributed by atoms with Crippen molar-refractivity contribution >= 4 is 51.0 Å². The first-order valence-electron chi connectivity index (χ1n) is 19.3. The van der Waals surface area contributed by atoms with E-state index < -0.39 is 44.5 Å². The Morgan fingerprint density at radius 3 is 1.35 bits per heavy atom. The molecule has 0 fully saturated rings. The number of hydrogen-bond donors (Lipinski definition) is 7. The summed E-state index contributed by atoms with van der Waals surface area (Å²) in [4.78, 5) is 31.8. The number of nitrogens with zero attached hydrogens (tertiary/aromatic N) is 3. The summed E-state index contributed by atoms with van der Waals surface area (Å²) in [5, 5.41) is 53.2. The van der Waals surface area contributed by atoms with Gasteiger partial charge in [-0.15, -0.1) is 0 Å². The molecule has 0 bridgehead atoms. The third-order valence-corrected chi connectivity index (χ3v) is 8.00. The molecule has 312 valence electrons. The number of rotatable bonds is 17. The maximum atomic E-state index is 12.1. The molecule has 0 saturated carbocycles. The lowest BCUT2D eigenvalue weighted by Crippen LogP contribution is -2.56. The van der Waals surface area contributed by atoms with Gasteiger partial charge in [-0.25, -0.2) is 9.59 Å². The van der Waals surface area contributed by atoms with Gasteiger partial charge in [0.25, 0.3) is 0 Å². The fourth-order valence-corrected chi connectivity index (χ4v) is 5.41. The molecular formula is C38H62B3N7O9. The minimum absolute atomic E-state index is 0.0839. The largest absolute Gasteiger partial charge is 0.493 e. The quantitative estimate of drug-likeness (QED) is 0.0471. The van der Waals surface area contributed by atoms with E-state index in [0.717, 1.165) is 11.1 Å². The van der Waals surface area contributed by atoms with Crippen LogP contribution in [0.2, 0.25) is 20.5 Å². The highest BCUT2D eigenvalue weighted by molar-refractivity contribution is 6.56. The molecule has 0 aliphatic rings. The summed E-state index contributed by atoms with van der Waals surface area (Å²) in [6, 6.07) is 10.4. The third kappa shape index (κ3) is 17.9. The molecule has 19 heteroatoms. The van der Waals surface area contributed by atoms with E-state index in [2.05, 4.69) is 15.5 Å². The zero-order valence-corrected chi connectivity index (χ0v) is 35.5. The lowest BCUT2D eigenvalue weighted by atomic mass is 9.80. The van der Waals surface area contributed by atoms with Crippen LogP contribution in [0.3, 0.4) is 0 Å². The first kappa shape index (κ1) is 48.4. The number of amidine groups is 2. The van der Waals surface area contributed by atoms with Gasteiger partial charge in [-0.2, -0.15) is 0 Å². The first-order valence-corrected chi connectivity index (χ1v) is 19.3. The Labute approximate surface area is 339 Å². The Balaban J connectivity index is 1.94. The van der Waals surface area contributed by atoms with Crippen molar-refractivity contribution in [1.29, 1.82) is 10.8 Å². The van der Waals surface area contributed by atoms with E-state index in [-0.39, 0.29) is 17.6 Å². The second-order valence-corrected chi connectivity index (χ2v) is 15.8. The Bertz CT molecular complexity index is 1580. The van der Waals surface area contributed by atoms with E-state index in [1.165, 1.54) is 6.82 Å². The second kappa shape index (κ2) is 22.3. The minimum atomic E-state index is -1.09. The molecular weight excluding hydrogens is 731 g/mol. The first-order chi connectivity index (χ1) is 26.5. The second-order valence-electron chi connectivity index (χ2n) is 15.8. The fraction of sp³-hybridized carbons (Fsp3) is 0.553. The van der Waals surface area contributed by atoms with Crippen LogP contribution in [0, 0.1) is 24.7 Å². The van der Waals surface area contributed by atoms with Gasteiger partial charge < -0.3 is 43.6 Å². The van der Waals surface area contributed by atoms with Gasteiger partial charge in [0.1, 0.15) is 34.4 Å². The van der Waals surface area contributed by atoms with Crippen LogP contribution in [-0.4, -0.2) is 113 Å². The zero-order chi connectivity index (χ0) is 43.1. The summed E-state index contributed by atoms with van der Waals surface area (Å²) in [5.41, 5.74) is 1.23. The SMILES string of the molecule is CB(O)N=C(N(CCCCOc1ccc(C(=N)NC(=O)OC(C)(C)C)cc1C)B(C)O)N(CCCCOc1ccc(C(=N)NC(=O)OC(C)(C)C)cc1C)B(C)O. The predicted octanol–water partition coefficient (Wildman–Crippen LogP) is 5.31. The van der Waals surface area contributed by atoms with Gasteiger partial charge in [0.05, 0.1) is 13.2 Å². The number of hydrogen-bond acceptors (Lipinski definition) is 12. The van der Waals surface area contributed by atoms with Crippen molar-refractivity contribution in [2.45, 2.75) is 113 Å². The minimum Gasteiger partial charge on any atom is -0.493 e. The summed E-state index contributed by atoms with van der Waals surface area (Å²) in [7, 11) is -3.04. The monoisotopic (exact) mass is 793 g/mol. The normalized spacial score (nSPS) is 11.1. The molecule has 0 saturated heterocycles. The van der Waals surface area contributed by atoms with E-state index >= 15 is 0 Å². The van der Waals surface area contributed by atoms with Gasteiger partial charge in [0.2, 0.25) is 0 Å². The summed E-state index contributed by atoms with van der Waals surface area (Å²) in [6.45, 7) is 20.4. The summed E-state index contributed by atoms with van der Waals surface area (Å²) in [6.07, 6.45) is 1.04. The highest BCUT2D eigenvalue weighted by Gasteiger charge is 2.30. The van der Waals surface area contributed by atoms with Gasteiger partial charge in [-0.05, 0) is 149 Å². The smallest absolute Gasteiger partial charge is 0.431 e. The van der Waals surface area contributed by atoms with Crippen molar-refractivity contribution < 1.29 is 43.6 Å². The van der Waals surface area contributed by atoms with Crippen molar-refractivity contribution in [3.05, 3.63) is 58.7 Å². The lowest BCUT2D eigenvalue weighted by Gasteiger charge is -2.37. The molecule has 0 aromatic heterocycles. The maximum Gasteiger partial charge on any atom is 0.431 e. The average molecular weight is 793 g/mol. The third-order valence-electron chi connectivity index (χ3n) is 8.00. The molecule has 0 radical (unpaired) electrons. The van der Waals surface area contributed by atoms with Crippen molar-refractivity contribution in [3.63, 3.8) is 0 Å². The molecule has 2 amide bonds. The summed E-state index contributed by atoms with van der Waals surface area (Å²) in [5.74, 6) is 1.37. The lowest BCUT2D eigenvalue weighted by molar-refractivity contribution is 0.0551. The topological polar surface area (TPSA) is 222 Å². The number of aryl methyl sites for hydroxylation is 2.